The van der Waals surface area contributed by atoms with Gasteiger partial charge in [-0.2, -0.15) is 4.31 Å². The minimum absolute atomic E-state index is 0.135. The summed E-state index contributed by atoms with van der Waals surface area (Å²) in [5.41, 5.74) is 0. The van der Waals surface area contributed by atoms with E-state index in [9.17, 15) is 22.3 Å². The average Bonchev–Trinajstić information content (AvgIpc) is 2.42. The van der Waals surface area contributed by atoms with Crippen molar-refractivity contribution in [3.05, 3.63) is 29.8 Å². The molecule has 0 amide bonds. The zero-order chi connectivity index (χ0) is 14.9. The summed E-state index contributed by atoms with van der Waals surface area (Å²) in [7, 11) is -3.85. The van der Waals surface area contributed by atoms with Crippen LogP contribution in [-0.4, -0.2) is 37.0 Å². The number of piperidine rings is 1. The molecule has 0 aliphatic carbocycles. The van der Waals surface area contributed by atoms with E-state index in [4.69, 9.17) is 0 Å². The van der Waals surface area contributed by atoms with E-state index >= 15 is 0 Å². The number of aliphatic hydroxyl groups is 1. The van der Waals surface area contributed by atoms with Crippen molar-refractivity contribution < 1.29 is 22.3 Å². The Morgan fingerprint density at radius 2 is 2.05 bits per heavy atom. The van der Waals surface area contributed by atoms with Crippen LogP contribution in [0.3, 0.4) is 0 Å². The lowest BCUT2D eigenvalue weighted by Crippen LogP contribution is -2.42. The number of benzene rings is 1. The van der Waals surface area contributed by atoms with Gasteiger partial charge in [0.25, 0.3) is 0 Å². The van der Waals surface area contributed by atoms with Gasteiger partial charge in [0.2, 0.25) is 10.0 Å². The van der Waals surface area contributed by atoms with Crippen molar-refractivity contribution in [2.45, 2.75) is 30.8 Å². The summed E-state index contributed by atoms with van der Waals surface area (Å²) in [5.74, 6) is -2.40. The molecule has 0 spiro atoms. The summed E-state index contributed by atoms with van der Waals surface area (Å²) < 4.78 is 52.0. The largest absolute Gasteiger partial charge is 0.393 e. The van der Waals surface area contributed by atoms with Crippen LogP contribution < -0.4 is 0 Å². The lowest BCUT2D eigenvalue weighted by molar-refractivity contribution is 0.0885. The van der Waals surface area contributed by atoms with Crippen LogP contribution >= 0.6 is 0 Å². The van der Waals surface area contributed by atoms with Gasteiger partial charge in [0, 0.05) is 13.1 Å². The third kappa shape index (κ3) is 2.99. The number of halogens is 2. The molecule has 1 aromatic carbocycles. The van der Waals surface area contributed by atoms with Gasteiger partial charge in [-0.3, -0.25) is 0 Å². The molecule has 1 heterocycles. The Morgan fingerprint density at radius 1 is 1.35 bits per heavy atom. The molecule has 1 saturated heterocycles. The molecule has 1 fully saturated rings. The van der Waals surface area contributed by atoms with Crippen LogP contribution in [0, 0.1) is 17.6 Å². The fraction of sp³-hybridized carbons (Fsp3) is 0.538. The zero-order valence-electron chi connectivity index (χ0n) is 11.1. The molecule has 0 saturated carbocycles. The van der Waals surface area contributed by atoms with Crippen molar-refractivity contribution in [1.82, 2.24) is 4.31 Å². The van der Waals surface area contributed by atoms with Crippen molar-refractivity contribution in [3.63, 3.8) is 0 Å². The third-order valence-electron chi connectivity index (χ3n) is 3.63. The molecular formula is C13H17F2NO3S. The highest BCUT2D eigenvalue weighted by atomic mass is 32.2. The van der Waals surface area contributed by atoms with E-state index in [1.807, 2.05) is 0 Å². The lowest BCUT2D eigenvalue weighted by Gasteiger charge is -2.33. The monoisotopic (exact) mass is 305 g/mol. The normalized spacial score (nSPS) is 22.7. The van der Waals surface area contributed by atoms with Crippen LogP contribution in [0.15, 0.2) is 23.1 Å². The minimum atomic E-state index is -3.85. The molecule has 112 valence electrons. The molecule has 1 aliphatic heterocycles. The van der Waals surface area contributed by atoms with E-state index < -0.39 is 27.8 Å². The molecule has 1 aromatic rings. The zero-order valence-corrected chi connectivity index (χ0v) is 11.9. The van der Waals surface area contributed by atoms with Gasteiger partial charge in [0.1, 0.15) is 0 Å². The number of aliphatic hydroxyl groups excluding tert-OH is 1. The summed E-state index contributed by atoms with van der Waals surface area (Å²) >= 11 is 0. The summed E-state index contributed by atoms with van der Waals surface area (Å²) in [4.78, 5) is -0.261. The molecule has 0 radical (unpaired) electrons. The topological polar surface area (TPSA) is 57.6 Å². The van der Waals surface area contributed by atoms with Crippen molar-refractivity contribution >= 4 is 10.0 Å². The van der Waals surface area contributed by atoms with Crippen LogP contribution in [-0.2, 0) is 10.0 Å². The van der Waals surface area contributed by atoms with Crippen molar-refractivity contribution in [1.29, 1.82) is 0 Å². The molecule has 1 N–H and O–H groups in total. The SMILES string of the molecule is CC(O)C1CCCN(S(=O)(=O)c2ccc(F)c(F)c2)C1. The van der Waals surface area contributed by atoms with Crippen LogP contribution in [0.1, 0.15) is 19.8 Å². The van der Waals surface area contributed by atoms with Crippen LogP contribution in [0.25, 0.3) is 0 Å². The second-order valence-electron chi connectivity index (χ2n) is 5.08. The highest BCUT2D eigenvalue weighted by Gasteiger charge is 2.32. The fourth-order valence-corrected chi connectivity index (χ4v) is 3.92. The molecular weight excluding hydrogens is 288 g/mol. The Labute approximate surface area is 117 Å². The van der Waals surface area contributed by atoms with E-state index in [2.05, 4.69) is 0 Å². The molecule has 1 aliphatic rings. The van der Waals surface area contributed by atoms with Gasteiger partial charge in [0.15, 0.2) is 11.6 Å². The van der Waals surface area contributed by atoms with Gasteiger partial charge in [-0.1, -0.05) is 0 Å². The Hall–Kier alpha value is -1.05. The predicted octanol–water partition coefficient (Wildman–Crippen LogP) is 1.75. The van der Waals surface area contributed by atoms with Crippen LogP contribution in [0.4, 0.5) is 8.78 Å². The summed E-state index contributed by atoms with van der Waals surface area (Å²) in [6.07, 6.45) is 0.790. The Bertz CT molecular complexity index is 589. The molecule has 20 heavy (non-hydrogen) atoms. The average molecular weight is 305 g/mol. The van der Waals surface area contributed by atoms with E-state index in [1.165, 1.54) is 4.31 Å². The fourth-order valence-electron chi connectivity index (χ4n) is 2.37. The maximum atomic E-state index is 13.2. The second kappa shape index (κ2) is 5.75. The molecule has 4 nitrogen and oxygen atoms in total. The van der Waals surface area contributed by atoms with Crippen LogP contribution in [0.2, 0.25) is 0 Å². The predicted molar refractivity (Wildman–Crippen MR) is 69.5 cm³/mol. The van der Waals surface area contributed by atoms with Gasteiger partial charge in [-0.05, 0) is 43.9 Å². The van der Waals surface area contributed by atoms with Gasteiger partial charge in [-0.15, -0.1) is 0 Å². The Morgan fingerprint density at radius 3 is 2.65 bits per heavy atom. The van der Waals surface area contributed by atoms with Gasteiger partial charge in [-0.25, -0.2) is 17.2 Å². The summed E-state index contributed by atoms with van der Waals surface area (Å²) in [6.45, 7) is 2.14. The van der Waals surface area contributed by atoms with Crippen LogP contribution in [0.5, 0.6) is 0 Å². The van der Waals surface area contributed by atoms with Crippen molar-refractivity contribution in [3.8, 4) is 0 Å². The maximum Gasteiger partial charge on any atom is 0.243 e. The second-order valence-corrected chi connectivity index (χ2v) is 7.02. The first kappa shape index (κ1) is 15.3. The van der Waals surface area contributed by atoms with Crippen molar-refractivity contribution in [2.24, 2.45) is 5.92 Å². The molecule has 2 rings (SSSR count). The number of nitrogens with zero attached hydrogens (tertiary/aromatic N) is 1. The van der Waals surface area contributed by atoms with E-state index in [0.29, 0.717) is 19.0 Å². The van der Waals surface area contributed by atoms with Gasteiger partial charge >= 0.3 is 0 Å². The Balaban J connectivity index is 2.27. The van der Waals surface area contributed by atoms with Crippen molar-refractivity contribution in [2.75, 3.05) is 13.1 Å². The summed E-state index contributed by atoms with van der Waals surface area (Å²) in [5, 5.41) is 9.58. The number of hydrogen-bond donors (Lipinski definition) is 1. The minimum Gasteiger partial charge on any atom is -0.393 e. The maximum absolute atomic E-state index is 13.2. The summed E-state index contributed by atoms with van der Waals surface area (Å²) in [6, 6.07) is 2.55. The number of rotatable bonds is 3. The third-order valence-corrected chi connectivity index (χ3v) is 5.49. The highest BCUT2D eigenvalue weighted by Crippen LogP contribution is 2.26. The molecule has 2 unspecified atom stereocenters. The van der Waals surface area contributed by atoms with E-state index in [1.54, 1.807) is 6.92 Å². The lowest BCUT2D eigenvalue weighted by atomic mass is 9.95. The molecule has 0 bridgehead atoms. The van der Waals surface area contributed by atoms with E-state index in [0.717, 1.165) is 18.6 Å². The first-order chi connectivity index (χ1) is 9.32. The standard InChI is InChI=1S/C13H17F2NO3S/c1-9(17)10-3-2-6-16(8-10)20(18,19)11-4-5-12(14)13(15)7-11/h4-5,7,9-10,17H,2-3,6,8H2,1H3. The highest BCUT2D eigenvalue weighted by molar-refractivity contribution is 7.89. The van der Waals surface area contributed by atoms with E-state index in [-0.39, 0.29) is 17.4 Å². The first-order valence-electron chi connectivity index (χ1n) is 6.45. The molecule has 0 aromatic heterocycles. The van der Waals surface area contributed by atoms with Gasteiger partial charge < -0.3 is 5.11 Å². The first-order valence-corrected chi connectivity index (χ1v) is 7.89. The molecule has 2 atom stereocenters. The molecule has 7 heteroatoms. The number of sulfonamides is 1. The smallest absolute Gasteiger partial charge is 0.243 e. The van der Waals surface area contributed by atoms with Gasteiger partial charge in [0.05, 0.1) is 11.0 Å². The number of hydrogen-bond acceptors (Lipinski definition) is 3. The quantitative estimate of drug-likeness (QED) is 0.925. The Kier molecular flexibility index (Phi) is 4.41.